The summed E-state index contributed by atoms with van der Waals surface area (Å²) in [6.45, 7) is 0. The molecule has 4 rings (SSSR count). The third kappa shape index (κ3) is 2.27. The lowest BCUT2D eigenvalue weighted by Gasteiger charge is -2.13. The SMILES string of the molecule is CNc1nc(-c2ccco2)nc2c1ncn2C1CCC(C=O)O1. The first-order valence-electron chi connectivity index (χ1n) is 7.37. The summed E-state index contributed by atoms with van der Waals surface area (Å²) < 4.78 is 12.9. The summed E-state index contributed by atoms with van der Waals surface area (Å²) in [5, 5.41) is 3.03. The Morgan fingerprint density at radius 1 is 1.39 bits per heavy atom. The largest absolute Gasteiger partial charge is 0.461 e. The summed E-state index contributed by atoms with van der Waals surface area (Å²) in [4.78, 5) is 24.3. The van der Waals surface area contributed by atoms with Gasteiger partial charge < -0.3 is 19.3 Å². The van der Waals surface area contributed by atoms with Gasteiger partial charge in [-0.25, -0.2) is 15.0 Å². The van der Waals surface area contributed by atoms with Gasteiger partial charge in [0, 0.05) is 7.05 Å². The van der Waals surface area contributed by atoms with Crippen molar-refractivity contribution in [1.82, 2.24) is 19.5 Å². The van der Waals surface area contributed by atoms with E-state index in [1.54, 1.807) is 31.8 Å². The number of hydrogen-bond acceptors (Lipinski definition) is 7. The molecule has 4 heterocycles. The molecule has 0 saturated carbocycles. The van der Waals surface area contributed by atoms with Crippen LogP contribution in [0.5, 0.6) is 0 Å². The predicted molar refractivity (Wildman–Crippen MR) is 81.8 cm³/mol. The highest BCUT2D eigenvalue weighted by atomic mass is 16.5. The number of nitrogens with one attached hydrogen (secondary N) is 1. The molecule has 1 aliphatic heterocycles. The Morgan fingerprint density at radius 2 is 2.30 bits per heavy atom. The van der Waals surface area contributed by atoms with Gasteiger partial charge in [0.05, 0.1) is 12.6 Å². The number of hydrogen-bond donors (Lipinski definition) is 1. The van der Waals surface area contributed by atoms with Crippen LogP contribution in [-0.4, -0.2) is 39.0 Å². The Hall–Kier alpha value is -2.74. The molecule has 1 N–H and O–H groups in total. The number of aldehydes is 1. The smallest absolute Gasteiger partial charge is 0.199 e. The zero-order chi connectivity index (χ0) is 15.8. The second-order valence-electron chi connectivity index (χ2n) is 5.29. The molecule has 8 heteroatoms. The Balaban J connectivity index is 1.83. The van der Waals surface area contributed by atoms with Gasteiger partial charge in [0.15, 0.2) is 28.6 Å². The van der Waals surface area contributed by atoms with Gasteiger partial charge in [-0.2, -0.15) is 0 Å². The Kier molecular flexibility index (Phi) is 3.30. The lowest BCUT2D eigenvalue weighted by molar-refractivity contribution is -0.119. The number of anilines is 1. The lowest BCUT2D eigenvalue weighted by atomic mass is 10.2. The van der Waals surface area contributed by atoms with Crippen molar-refractivity contribution in [2.24, 2.45) is 0 Å². The van der Waals surface area contributed by atoms with Gasteiger partial charge in [-0.15, -0.1) is 0 Å². The van der Waals surface area contributed by atoms with Crippen molar-refractivity contribution < 1.29 is 13.9 Å². The van der Waals surface area contributed by atoms with Crippen molar-refractivity contribution in [2.45, 2.75) is 25.2 Å². The highest BCUT2D eigenvalue weighted by Crippen LogP contribution is 2.32. The number of carbonyl (C=O) groups is 1. The highest BCUT2D eigenvalue weighted by molar-refractivity contribution is 5.84. The van der Waals surface area contributed by atoms with Crippen LogP contribution < -0.4 is 5.32 Å². The summed E-state index contributed by atoms with van der Waals surface area (Å²) in [6.07, 6.45) is 4.90. The van der Waals surface area contributed by atoms with E-state index in [9.17, 15) is 4.79 Å². The number of imidazole rings is 1. The summed E-state index contributed by atoms with van der Waals surface area (Å²) >= 11 is 0. The summed E-state index contributed by atoms with van der Waals surface area (Å²) in [6, 6.07) is 3.59. The molecule has 0 bridgehead atoms. The highest BCUT2D eigenvalue weighted by Gasteiger charge is 2.28. The minimum Gasteiger partial charge on any atom is -0.461 e. The van der Waals surface area contributed by atoms with Crippen LogP contribution >= 0.6 is 0 Å². The third-order valence-electron chi connectivity index (χ3n) is 3.89. The van der Waals surface area contributed by atoms with Gasteiger partial charge in [-0.3, -0.25) is 4.57 Å². The van der Waals surface area contributed by atoms with Crippen LogP contribution in [0.15, 0.2) is 29.1 Å². The van der Waals surface area contributed by atoms with Crippen LogP contribution in [0.3, 0.4) is 0 Å². The maximum Gasteiger partial charge on any atom is 0.199 e. The number of rotatable bonds is 4. The van der Waals surface area contributed by atoms with E-state index >= 15 is 0 Å². The first-order chi connectivity index (χ1) is 11.3. The van der Waals surface area contributed by atoms with Crippen molar-refractivity contribution in [3.05, 3.63) is 24.7 Å². The number of ether oxygens (including phenoxy) is 1. The van der Waals surface area contributed by atoms with Crippen LogP contribution in [0.1, 0.15) is 19.1 Å². The quantitative estimate of drug-likeness (QED) is 0.736. The molecule has 0 aliphatic carbocycles. The molecule has 0 spiro atoms. The second kappa shape index (κ2) is 5.47. The summed E-state index contributed by atoms with van der Waals surface area (Å²) in [5.41, 5.74) is 1.30. The molecule has 3 aromatic heterocycles. The van der Waals surface area contributed by atoms with Crippen molar-refractivity contribution in [2.75, 3.05) is 12.4 Å². The molecule has 2 unspecified atom stereocenters. The van der Waals surface area contributed by atoms with E-state index in [-0.39, 0.29) is 12.3 Å². The van der Waals surface area contributed by atoms with E-state index in [0.717, 1.165) is 12.7 Å². The van der Waals surface area contributed by atoms with Crippen molar-refractivity contribution in [3.8, 4) is 11.6 Å². The van der Waals surface area contributed by atoms with E-state index in [1.165, 1.54) is 0 Å². The van der Waals surface area contributed by atoms with Crippen molar-refractivity contribution in [3.63, 3.8) is 0 Å². The van der Waals surface area contributed by atoms with Crippen LogP contribution in [0.4, 0.5) is 5.82 Å². The molecule has 0 amide bonds. The fourth-order valence-electron chi connectivity index (χ4n) is 2.77. The van der Waals surface area contributed by atoms with Gasteiger partial charge >= 0.3 is 0 Å². The number of carbonyl (C=O) groups excluding carboxylic acids is 1. The van der Waals surface area contributed by atoms with Crippen molar-refractivity contribution >= 4 is 23.3 Å². The first-order valence-corrected chi connectivity index (χ1v) is 7.37. The Labute approximate surface area is 131 Å². The molecule has 3 aromatic rings. The maximum atomic E-state index is 10.9. The summed E-state index contributed by atoms with van der Waals surface area (Å²) in [7, 11) is 1.78. The maximum absolute atomic E-state index is 10.9. The lowest BCUT2D eigenvalue weighted by Crippen LogP contribution is -2.12. The van der Waals surface area contributed by atoms with Gasteiger partial charge in [-0.1, -0.05) is 0 Å². The molecular formula is C15H15N5O3. The summed E-state index contributed by atoms with van der Waals surface area (Å²) in [5.74, 6) is 1.66. The van der Waals surface area contributed by atoms with E-state index < -0.39 is 0 Å². The average Bonchev–Trinajstić information content (AvgIpc) is 3.31. The van der Waals surface area contributed by atoms with Gasteiger partial charge in [0.25, 0.3) is 0 Å². The number of aromatic nitrogens is 4. The fraction of sp³-hybridized carbons (Fsp3) is 0.333. The van der Waals surface area contributed by atoms with E-state index in [2.05, 4.69) is 20.3 Å². The van der Waals surface area contributed by atoms with Crippen LogP contribution in [0.25, 0.3) is 22.7 Å². The predicted octanol–water partition coefficient (Wildman–Crippen LogP) is 2.00. The molecule has 1 saturated heterocycles. The molecular weight excluding hydrogens is 298 g/mol. The minimum atomic E-state index is -0.368. The molecule has 8 nitrogen and oxygen atoms in total. The van der Waals surface area contributed by atoms with Crippen LogP contribution in [-0.2, 0) is 9.53 Å². The van der Waals surface area contributed by atoms with Crippen LogP contribution in [0.2, 0.25) is 0 Å². The molecule has 1 fully saturated rings. The molecule has 0 radical (unpaired) electrons. The Bertz CT molecular complexity index is 842. The fourth-order valence-corrected chi connectivity index (χ4v) is 2.77. The number of nitrogens with zero attached hydrogens (tertiary/aromatic N) is 4. The third-order valence-corrected chi connectivity index (χ3v) is 3.89. The zero-order valence-electron chi connectivity index (χ0n) is 12.5. The zero-order valence-corrected chi connectivity index (χ0v) is 12.5. The van der Waals surface area contributed by atoms with Gasteiger partial charge in [0.2, 0.25) is 0 Å². The average molecular weight is 313 g/mol. The minimum absolute atomic E-state index is 0.251. The number of fused-ring (bicyclic) bond motifs is 1. The van der Waals surface area contributed by atoms with E-state index in [4.69, 9.17) is 9.15 Å². The molecule has 2 atom stereocenters. The Morgan fingerprint density at radius 3 is 3.00 bits per heavy atom. The normalized spacial score (nSPS) is 20.9. The second-order valence-corrected chi connectivity index (χ2v) is 5.29. The molecule has 23 heavy (non-hydrogen) atoms. The van der Waals surface area contributed by atoms with E-state index in [1.807, 2.05) is 4.57 Å². The van der Waals surface area contributed by atoms with Crippen molar-refractivity contribution in [1.29, 1.82) is 0 Å². The van der Waals surface area contributed by atoms with Gasteiger partial charge in [0.1, 0.15) is 18.6 Å². The monoisotopic (exact) mass is 313 g/mol. The van der Waals surface area contributed by atoms with Gasteiger partial charge in [-0.05, 0) is 25.0 Å². The van der Waals surface area contributed by atoms with Crippen LogP contribution in [0, 0.1) is 0 Å². The topological polar surface area (TPSA) is 95.1 Å². The first kappa shape index (κ1) is 13.9. The number of furan rings is 1. The van der Waals surface area contributed by atoms with E-state index in [0.29, 0.717) is 35.0 Å². The molecule has 0 aromatic carbocycles. The standard InChI is InChI=1S/C15H15N5O3/c1-16-14-12-15(19-13(18-14)10-3-2-6-22-10)20(8-17-12)11-5-4-9(7-21)23-11/h2-3,6-9,11H,4-5H2,1H3,(H,16,18,19). The molecule has 1 aliphatic rings. The molecule has 118 valence electrons.